The topological polar surface area (TPSA) is 88.0 Å². The molecule has 7 heteroatoms. The van der Waals surface area contributed by atoms with Crippen molar-refractivity contribution in [3.8, 4) is 6.07 Å². The van der Waals surface area contributed by atoms with Crippen LogP contribution in [0.1, 0.15) is 42.4 Å². The van der Waals surface area contributed by atoms with Crippen LogP contribution < -0.4 is 15.8 Å². The number of nitriles is 1. The molecule has 2 N–H and O–H groups in total. The highest BCUT2D eigenvalue weighted by molar-refractivity contribution is 5.93. The number of rotatable bonds is 3. The van der Waals surface area contributed by atoms with Gasteiger partial charge >= 0.3 is 0 Å². The minimum absolute atomic E-state index is 0.0428. The molecule has 7 rings (SSSR count). The lowest BCUT2D eigenvalue weighted by Gasteiger charge is -2.44. The molecular formula is C26H28N6O. The average Bonchev–Trinajstić information content (AvgIpc) is 3.18. The maximum atomic E-state index is 12.6. The first-order valence-electron chi connectivity index (χ1n) is 12.0. The van der Waals surface area contributed by atoms with Crippen molar-refractivity contribution in [3.05, 3.63) is 63.6 Å². The van der Waals surface area contributed by atoms with Gasteiger partial charge in [0.15, 0.2) is 0 Å². The molecule has 3 saturated heterocycles. The molecule has 6 heterocycles. The van der Waals surface area contributed by atoms with Crippen LogP contribution in [-0.2, 0) is 13.0 Å². The molecule has 1 aromatic carbocycles. The van der Waals surface area contributed by atoms with Crippen molar-refractivity contribution < 1.29 is 0 Å². The second-order valence-electron chi connectivity index (χ2n) is 9.56. The Morgan fingerprint density at radius 1 is 1.12 bits per heavy atom. The number of aromatic nitrogens is 2. The van der Waals surface area contributed by atoms with Gasteiger partial charge in [-0.3, -0.25) is 9.69 Å². The summed E-state index contributed by atoms with van der Waals surface area (Å²) in [5.74, 6) is 0.978. The van der Waals surface area contributed by atoms with Crippen molar-refractivity contribution in [1.29, 1.82) is 5.26 Å². The highest BCUT2D eigenvalue weighted by Gasteiger charge is 2.37. The van der Waals surface area contributed by atoms with Crippen molar-refractivity contribution >= 4 is 22.4 Å². The van der Waals surface area contributed by atoms with E-state index in [-0.39, 0.29) is 5.56 Å². The van der Waals surface area contributed by atoms with Gasteiger partial charge in [0.1, 0.15) is 11.9 Å². The van der Waals surface area contributed by atoms with Crippen LogP contribution in [0, 0.1) is 11.3 Å². The SMILES string of the molecule is N#Cc1ccc(N2CC3CCCC2CN3Cc2ccc3c4c(c(=O)[nH]c3c2)CCCN4)nc1. The van der Waals surface area contributed by atoms with Gasteiger partial charge in [0.2, 0.25) is 0 Å². The van der Waals surface area contributed by atoms with Gasteiger partial charge < -0.3 is 15.2 Å². The van der Waals surface area contributed by atoms with Crippen molar-refractivity contribution in [2.24, 2.45) is 0 Å². The predicted molar refractivity (Wildman–Crippen MR) is 130 cm³/mol. The molecule has 3 fully saturated rings. The Morgan fingerprint density at radius 3 is 2.88 bits per heavy atom. The lowest BCUT2D eigenvalue weighted by Crippen LogP contribution is -2.56. The van der Waals surface area contributed by atoms with E-state index < -0.39 is 0 Å². The Kier molecular flexibility index (Phi) is 5.03. The second-order valence-corrected chi connectivity index (χ2v) is 9.56. The summed E-state index contributed by atoms with van der Waals surface area (Å²) < 4.78 is 0. The molecule has 4 aliphatic rings. The van der Waals surface area contributed by atoms with Gasteiger partial charge in [-0.25, -0.2) is 4.98 Å². The van der Waals surface area contributed by atoms with Gasteiger partial charge in [0, 0.05) is 55.4 Å². The lowest BCUT2D eigenvalue weighted by atomic mass is 10.00. The van der Waals surface area contributed by atoms with E-state index in [1.54, 1.807) is 6.20 Å². The molecule has 2 atom stereocenters. The number of pyridine rings is 2. The normalized spacial score (nSPS) is 22.5. The van der Waals surface area contributed by atoms with Gasteiger partial charge in [0.05, 0.1) is 16.8 Å². The Balaban J connectivity index is 1.25. The molecule has 7 nitrogen and oxygen atoms in total. The summed E-state index contributed by atoms with van der Waals surface area (Å²) >= 11 is 0. The number of nitrogens with zero attached hydrogens (tertiary/aromatic N) is 4. The van der Waals surface area contributed by atoms with E-state index in [0.717, 1.165) is 73.4 Å². The first kappa shape index (κ1) is 20.3. The molecule has 4 aliphatic heterocycles. The zero-order valence-corrected chi connectivity index (χ0v) is 18.7. The largest absolute Gasteiger partial charge is 0.384 e. The standard InChI is InChI=1S/C26H28N6O/c27-12-18-7-9-24(29-13-18)32-16-19-3-1-4-20(32)15-31(19)14-17-6-8-21-23(11-17)30-26(33)22-5-2-10-28-25(21)22/h6-9,11,13,19-20,28H,1-5,10,14-16H2,(H,30,33). The van der Waals surface area contributed by atoms with Crippen LogP contribution in [0.5, 0.6) is 0 Å². The molecule has 168 valence electrons. The molecule has 0 spiro atoms. The summed E-state index contributed by atoms with van der Waals surface area (Å²) in [4.78, 5) is 25.3. The number of benzene rings is 1. The number of piperazine rings is 1. The number of anilines is 2. The van der Waals surface area contributed by atoms with Crippen molar-refractivity contribution in [1.82, 2.24) is 14.9 Å². The van der Waals surface area contributed by atoms with Crippen molar-refractivity contribution in [2.75, 3.05) is 29.9 Å². The third-order valence-electron chi connectivity index (χ3n) is 7.52. The maximum Gasteiger partial charge on any atom is 0.253 e. The summed E-state index contributed by atoms with van der Waals surface area (Å²) in [6.45, 7) is 3.78. The zero-order chi connectivity index (χ0) is 22.4. The number of hydrogen-bond donors (Lipinski definition) is 2. The van der Waals surface area contributed by atoms with Gasteiger partial charge in [-0.05, 0) is 55.9 Å². The van der Waals surface area contributed by atoms with Gasteiger partial charge in [-0.15, -0.1) is 0 Å². The molecule has 3 aromatic rings. The summed E-state index contributed by atoms with van der Waals surface area (Å²) in [6.07, 6.45) is 7.10. The fourth-order valence-corrected chi connectivity index (χ4v) is 5.85. The summed E-state index contributed by atoms with van der Waals surface area (Å²) in [5.41, 5.74) is 4.72. The van der Waals surface area contributed by atoms with Crippen LogP contribution >= 0.6 is 0 Å². The number of H-pyrrole nitrogens is 1. The quantitative estimate of drug-likeness (QED) is 0.649. The van der Waals surface area contributed by atoms with Crippen LogP contribution in [0.15, 0.2) is 41.3 Å². The molecule has 0 amide bonds. The minimum Gasteiger partial charge on any atom is -0.384 e. The number of aromatic amines is 1. The Morgan fingerprint density at radius 2 is 2.03 bits per heavy atom. The third-order valence-corrected chi connectivity index (χ3v) is 7.52. The fourth-order valence-electron chi connectivity index (χ4n) is 5.85. The molecule has 0 aliphatic carbocycles. The van der Waals surface area contributed by atoms with Crippen LogP contribution in [0.2, 0.25) is 0 Å². The van der Waals surface area contributed by atoms with Gasteiger partial charge in [0.25, 0.3) is 5.56 Å². The van der Waals surface area contributed by atoms with Crippen LogP contribution in [-0.4, -0.2) is 46.6 Å². The Hall–Kier alpha value is -3.37. The first-order valence-corrected chi connectivity index (χ1v) is 12.0. The first-order chi connectivity index (χ1) is 16.2. The third kappa shape index (κ3) is 3.65. The van der Waals surface area contributed by atoms with Crippen LogP contribution in [0.3, 0.4) is 0 Å². The lowest BCUT2D eigenvalue weighted by molar-refractivity contribution is 0.154. The second kappa shape index (κ2) is 8.20. The molecular weight excluding hydrogens is 412 g/mol. The zero-order valence-electron chi connectivity index (χ0n) is 18.7. The van der Waals surface area contributed by atoms with E-state index >= 15 is 0 Å². The predicted octanol–water partition coefficient (Wildman–Crippen LogP) is 3.40. The van der Waals surface area contributed by atoms with Gasteiger partial charge in [-0.1, -0.05) is 12.1 Å². The smallest absolute Gasteiger partial charge is 0.253 e. The summed E-state index contributed by atoms with van der Waals surface area (Å²) in [6, 6.07) is 13.5. The molecule has 0 saturated carbocycles. The monoisotopic (exact) mass is 440 g/mol. The Labute approximate surface area is 193 Å². The minimum atomic E-state index is 0.0428. The van der Waals surface area contributed by atoms with Gasteiger partial charge in [-0.2, -0.15) is 5.26 Å². The molecule has 2 aromatic heterocycles. The maximum absolute atomic E-state index is 12.6. The van der Waals surface area contributed by atoms with E-state index in [0.29, 0.717) is 17.6 Å². The number of hydrogen-bond acceptors (Lipinski definition) is 6. The van der Waals surface area contributed by atoms with E-state index in [1.165, 1.54) is 18.4 Å². The molecule has 33 heavy (non-hydrogen) atoms. The highest BCUT2D eigenvalue weighted by Crippen LogP contribution is 2.33. The Bertz CT molecular complexity index is 1290. The molecule has 2 unspecified atom stereocenters. The molecule has 2 bridgehead atoms. The highest BCUT2D eigenvalue weighted by atomic mass is 16.1. The number of fused-ring (bicyclic) bond motifs is 7. The van der Waals surface area contributed by atoms with E-state index in [9.17, 15) is 4.79 Å². The van der Waals surface area contributed by atoms with E-state index in [2.05, 4.69) is 49.4 Å². The van der Waals surface area contributed by atoms with E-state index in [4.69, 9.17) is 5.26 Å². The fraction of sp³-hybridized carbons (Fsp3) is 0.423. The summed E-state index contributed by atoms with van der Waals surface area (Å²) in [7, 11) is 0. The molecule has 0 radical (unpaired) electrons. The summed E-state index contributed by atoms with van der Waals surface area (Å²) in [5, 5.41) is 13.6. The van der Waals surface area contributed by atoms with Crippen LogP contribution in [0.25, 0.3) is 10.9 Å². The van der Waals surface area contributed by atoms with Crippen molar-refractivity contribution in [3.63, 3.8) is 0 Å². The average molecular weight is 441 g/mol. The number of nitrogens with one attached hydrogen (secondary N) is 2. The van der Waals surface area contributed by atoms with Crippen molar-refractivity contribution in [2.45, 2.75) is 50.7 Å². The van der Waals surface area contributed by atoms with Crippen LogP contribution in [0.4, 0.5) is 11.5 Å². The van der Waals surface area contributed by atoms with E-state index in [1.807, 2.05) is 12.1 Å².